The minimum atomic E-state index is -0.178. The average molecular weight is 269 g/mol. The quantitative estimate of drug-likeness (QED) is 0.826. The molecule has 18 heavy (non-hydrogen) atoms. The smallest absolute Gasteiger partial charge is 0.254 e. The lowest BCUT2D eigenvalue weighted by Gasteiger charge is -2.19. The number of hydrogen-bond acceptors (Lipinski definition) is 2. The molecule has 2 amide bonds. The molecule has 0 aromatic heterocycles. The molecule has 0 heterocycles. The maximum absolute atomic E-state index is 12.1. The summed E-state index contributed by atoms with van der Waals surface area (Å²) < 4.78 is 0. The molecule has 0 saturated carbocycles. The van der Waals surface area contributed by atoms with Gasteiger partial charge in [0.25, 0.3) is 5.91 Å². The van der Waals surface area contributed by atoms with Crippen LogP contribution in [0.15, 0.2) is 24.3 Å². The molecule has 0 fully saturated rings. The summed E-state index contributed by atoms with van der Waals surface area (Å²) in [7, 11) is 1.55. The Morgan fingerprint density at radius 2 is 1.89 bits per heavy atom. The Morgan fingerprint density at radius 1 is 1.28 bits per heavy atom. The van der Waals surface area contributed by atoms with Crippen molar-refractivity contribution >= 4 is 23.4 Å². The van der Waals surface area contributed by atoms with Crippen molar-refractivity contribution in [2.75, 3.05) is 20.1 Å². The summed E-state index contributed by atoms with van der Waals surface area (Å²) in [6, 6.07) is 7.08. The van der Waals surface area contributed by atoms with E-state index in [9.17, 15) is 9.59 Å². The van der Waals surface area contributed by atoms with E-state index >= 15 is 0 Å². The molecule has 1 aromatic rings. The van der Waals surface area contributed by atoms with Gasteiger partial charge < -0.3 is 10.2 Å². The van der Waals surface area contributed by atoms with Crippen LogP contribution in [0.25, 0.3) is 0 Å². The normalized spacial score (nSPS) is 9.94. The molecule has 5 heteroatoms. The molecule has 1 rings (SSSR count). The van der Waals surface area contributed by atoms with E-state index in [0.717, 1.165) is 5.56 Å². The lowest BCUT2D eigenvalue weighted by molar-refractivity contribution is -0.121. The van der Waals surface area contributed by atoms with Crippen LogP contribution in [0, 0.1) is 0 Å². The second-order valence-electron chi connectivity index (χ2n) is 3.82. The van der Waals surface area contributed by atoms with E-state index in [1.807, 2.05) is 19.1 Å². The third-order valence-corrected chi connectivity index (χ3v) is 2.95. The first-order valence-electron chi connectivity index (χ1n) is 5.77. The van der Waals surface area contributed by atoms with E-state index < -0.39 is 0 Å². The molecule has 0 atom stereocenters. The van der Waals surface area contributed by atoms with Gasteiger partial charge in [0.15, 0.2) is 0 Å². The Labute approximate surface area is 112 Å². The van der Waals surface area contributed by atoms with Gasteiger partial charge in [-0.2, -0.15) is 0 Å². The van der Waals surface area contributed by atoms with E-state index in [2.05, 4.69) is 5.32 Å². The third-order valence-electron chi connectivity index (χ3n) is 2.64. The summed E-state index contributed by atoms with van der Waals surface area (Å²) in [6.07, 6.45) is 0. The zero-order chi connectivity index (χ0) is 13.5. The van der Waals surface area contributed by atoms with Crippen LogP contribution < -0.4 is 5.32 Å². The van der Waals surface area contributed by atoms with Gasteiger partial charge in [-0.05, 0) is 24.6 Å². The predicted molar refractivity (Wildman–Crippen MR) is 71.6 cm³/mol. The molecule has 4 nitrogen and oxygen atoms in total. The number of benzene rings is 1. The summed E-state index contributed by atoms with van der Waals surface area (Å²) in [5.41, 5.74) is 1.53. The minimum absolute atomic E-state index is 0.0725. The summed E-state index contributed by atoms with van der Waals surface area (Å²) in [4.78, 5) is 24.9. The van der Waals surface area contributed by atoms with Crippen LogP contribution in [0.5, 0.6) is 0 Å². The van der Waals surface area contributed by atoms with Gasteiger partial charge in [0.2, 0.25) is 5.91 Å². The number of amides is 2. The Kier molecular flexibility index (Phi) is 5.65. The summed E-state index contributed by atoms with van der Waals surface area (Å²) in [5, 5.41) is 2.50. The first-order chi connectivity index (χ1) is 8.62. The fraction of sp³-hybridized carbons (Fsp3) is 0.385. The Morgan fingerprint density at radius 3 is 2.33 bits per heavy atom. The molecule has 0 aliphatic heterocycles. The second kappa shape index (κ2) is 7.01. The molecular formula is C13H17ClN2O2. The minimum Gasteiger partial charge on any atom is -0.358 e. The highest BCUT2D eigenvalue weighted by atomic mass is 35.5. The highest BCUT2D eigenvalue weighted by Gasteiger charge is 2.16. The molecule has 0 aliphatic carbocycles. The summed E-state index contributed by atoms with van der Waals surface area (Å²) in [5.74, 6) is 0.0919. The van der Waals surface area contributed by atoms with Crippen LogP contribution in [0.4, 0.5) is 0 Å². The molecule has 0 unspecified atom stereocenters. The van der Waals surface area contributed by atoms with E-state index in [1.165, 1.54) is 4.90 Å². The van der Waals surface area contributed by atoms with Crippen LogP contribution >= 0.6 is 11.6 Å². The molecule has 0 radical (unpaired) electrons. The number of carbonyl (C=O) groups excluding carboxylic acids is 2. The zero-order valence-corrected chi connectivity index (χ0v) is 11.3. The third kappa shape index (κ3) is 3.74. The topological polar surface area (TPSA) is 49.4 Å². The number of carbonyl (C=O) groups is 2. The number of nitrogens with zero attached hydrogens (tertiary/aromatic N) is 1. The Hall–Kier alpha value is -1.55. The first-order valence-corrected chi connectivity index (χ1v) is 6.30. The fourth-order valence-corrected chi connectivity index (χ4v) is 1.68. The highest BCUT2D eigenvalue weighted by molar-refractivity contribution is 6.17. The van der Waals surface area contributed by atoms with Crippen molar-refractivity contribution in [3.63, 3.8) is 0 Å². The molecule has 98 valence electrons. The van der Waals surface area contributed by atoms with Crippen LogP contribution in [0.3, 0.4) is 0 Å². The van der Waals surface area contributed by atoms with Gasteiger partial charge in [-0.3, -0.25) is 9.59 Å². The molecule has 0 saturated heterocycles. The number of rotatable bonds is 5. The predicted octanol–water partition coefficient (Wildman–Crippen LogP) is 1.63. The monoisotopic (exact) mass is 268 g/mol. The molecule has 0 aliphatic rings. The lowest BCUT2D eigenvalue weighted by Crippen LogP contribution is -2.39. The highest BCUT2D eigenvalue weighted by Crippen LogP contribution is 2.09. The summed E-state index contributed by atoms with van der Waals surface area (Å²) in [6.45, 7) is 2.40. The van der Waals surface area contributed by atoms with Gasteiger partial charge in [-0.1, -0.05) is 12.1 Å². The van der Waals surface area contributed by atoms with Crippen molar-refractivity contribution in [3.8, 4) is 0 Å². The second-order valence-corrected chi connectivity index (χ2v) is 4.09. The standard InChI is InChI=1S/C13H17ClN2O2/c1-3-16(9-12(17)15-2)13(18)11-6-4-10(8-14)5-7-11/h4-7H,3,8-9H2,1-2H3,(H,15,17). The zero-order valence-electron chi connectivity index (χ0n) is 10.6. The maximum Gasteiger partial charge on any atom is 0.254 e. The van der Waals surface area contributed by atoms with Crippen LogP contribution in [0.2, 0.25) is 0 Å². The largest absolute Gasteiger partial charge is 0.358 e. The van der Waals surface area contributed by atoms with Gasteiger partial charge in [-0.15, -0.1) is 11.6 Å². The molecule has 0 bridgehead atoms. The maximum atomic E-state index is 12.1. The van der Waals surface area contributed by atoms with Crippen LogP contribution in [-0.2, 0) is 10.7 Å². The Balaban J connectivity index is 2.79. The lowest BCUT2D eigenvalue weighted by atomic mass is 10.1. The van der Waals surface area contributed by atoms with Crippen LogP contribution in [-0.4, -0.2) is 36.9 Å². The van der Waals surface area contributed by atoms with E-state index in [0.29, 0.717) is 18.0 Å². The number of hydrogen-bond donors (Lipinski definition) is 1. The molecule has 0 spiro atoms. The SMILES string of the molecule is CCN(CC(=O)NC)C(=O)c1ccc(CCl)cc1. The van der Waals surface area contributed by atoms with E-state index in [1.54, 1.807) is 19.2 Å². The molecular weight excluding hydrogens is 252 g/mol. The van der Waals surface area contributed by atoms with Gasteiger partial charge in [0, 0.05) is 25.0 Å². The summed E-state index contributed by atoms with van der Waals surface area (Å²) >= 11 is 5.69. The average Bonchev–Trinajstić information content (AvgIpc) is 2.43. The first kappa shape index (κ1) is 14.5. The van der Waals surface area contributed by atoms with Crippen molar-refractivity contribution in [1.82, 2.24) is 10.2 Å². The number of nitrogens with one attached hydrogen (secondary N) is 1. The van der Waals surface area contributed by atoms with Crippen molar-refractivity contribution in [1.29, 1.82) is 0 Å². The van der Waals surface area contributed by atoms with Gasteiger partial charge in [0.1, 0.15) is 0 Å². The van der Waals surface area contributed by atoms with Gasteiger partial charge >= 0.3 is 0 Å². The molecule has 1 N–H and O–H groups in total. The van der Waals surface area contributed by atoms with Crippen molar-refractivity contribution in [3.05, 3.63) is 35.4 Å². The molecule has 1 aromatic carbocycles. The van der Waals surface area contributed by atoms with Crippen molar-refractivity contribution < 1.29 is 9.59 Å². The number of halogens is 1. The Bertz CT molecular complexity index is 418. The van der Waals surface area contributed by atoms with E-state index in [-0.39, 0.29) is 18.4 Å². The van der Waals surface area contributed by atoms with E-state index in [4.69, 9.17) is 11.6 Å². The fourth-order valence-electron chi connectivity index (χ4n) is 1.50. The van der Waals surface area contributed by atoms with Crippen LogP contribution in [0.1, 0.15) is 22.8 Å². The van der Waals surface area contributed by atoms with Gasteiger partial charge in [-0.25, -0.2) is 0 Å². The number of alkyl halides is 1. The van der Waals surface area contributed by atoms with Crippen molar-refractivity contribution in [2.24, 2.45) is 0 Å². The van der Waals surface area contributed by atoms with Gasteiger partial charge in [0.05, 0.1) is 6.54 Å². The number of likely N-dealkylation sites (N-methyl/N-ethyl adjacent to an activating group) is 2. The van der Waals surface area contributed by atoms with Crippen molar-refractivity contribution in [2.45, 2.75) is 12.8 Å².